The molecular formula is C18H14ClNO4. The predicted octanol–water partition coefficient (Wildman–Crippen LogP) is 4.30. The van der Waals surface area contributed by atoms with Gasteiger partial charge in [0.15, 0.2) is 11.3 Å². The summed E-state index contributed by atoms with van der Waals surface area (Å²) in [6, 6.07) is 11.6. The van der Waals surface area contributed by atoms with Crippen molar-refractivity contribution in [2.24, 2.45) is 0 Å². The lowest BCUT2D eigenvalue weighted by molar-refractivity contribution is 0.340. The van der Waals surface area contributed by atoms with E-state index in [9.17, 15) is 9.90 Å². The maximum Gasteiger partial charge on any atom is 0.362 e. The summed E-state index contributed by atoms with van der Waals surface area (Å²) in [4.78, 5) is 16.2. The Morgan fingerprint density at radius 3 is 2.75 bits per heavy atom. The van der Waals surface area contributed by atoms with Crippen LogP contribution in [0.3, 0.4) is 0 Å². The Kier molecular flexibility index (Phi) is 4.53. The van der Waals surface area contributed by atoms with Crippen molar-refractivity contribution >= 4 is 34.5 Å². The van der Waals surface area contributed by atoms with E-state index in [2.05, 4.69) is 4.98 Å². The van der Waals surface area contributed by atoms with Crippen LogP contribution in [0, 0.1) is 0 Å². The lowest BCUT2D eigenvalue weighted by atomic mass is 10.1. The summed E-state index contributed by atoms with van der Waals surface area (Å²) >= 11 is 5.92. The summed E-state index contributed by atoms with van der Waals surface area (Å²) in [6.07, 6.45) is 1.27. The van der Waals surface area contributed by atoms with Gasteiger partial charge in [-0.3, -0.25) is 0 Å². The summed E-state index contributed by atoms with van der Waals surface area (Å²) < 4.78 is 10.5. The third-order valence-corrected chi connectivity index (χ3v) is 3.54. The molecule has 0 fully saturated rings. The highest BCUT2D eigenvalue weighted by atomic mass is 35.5. The number of aliphatic hydroxyl groups excluding tert-OH is 1. The summed E-state index contributed by atoms with van der Waals surface area (Å²) in [5, 5.41) is 10.7. The van der Waals surface area contributed by atoms with E-state index in [4.69, 9.17) is 20.8 Å². The second-order valence-corrected chi connectivity index (χ2v) is 5.42. The summed E-state index contributed by atoms with van der Waals surface area (Å²) in [5.41, 5.74) is 0.666. The number of nitrogens with zero attached hydrogens (tertiary/aromatic N) is 1. The maximum absolute atomic E-state index is 12.0. The molecular weight excluding hydrogens is 330 g/mol. The molecule has 1 aromatic heterocycles. The maximum atomic E-state index is 12.0. The molecule has 0 amide bonds. The molecule has 1 N–H and O–H groups in total. The van der Waals surface area contributed by atoms with Gasteiger partial charge >= 0.3 is 5.63 Å². The third-order valence-electron chi connectivity index (χ3n) is 3.31. The second-order valence-electron chi connectivity index (χ2n) is 4.99. The first-order chi connectivity index (χ1) is 11.6. The van der Waals surface area contributed by atoms with Gasteiger partial charge in [-0.05, 0) is 49.4 Å². The van der Waals surface area contributed by atoms with E-state index in [-0.39, 0.29) is 11.5 Å². The predicted molar refractivity (Wildman–Crippen MR) is 93.4 cm³/mol. The molecule has 0 saturated carbocycles. The normalized spacial score (nSPS) is 11.7. The van der Waals surface area contributed by atoms with Crippen LogP contribution in [0.2, 0.25) is 5.02 Å². The van der Waals surface area contributed by atoms with Crippen LogP contribution in [0.25, 0.3) is 22.9 Å². The Bertz CT molecular complexity index is 961. The Hall–Kier alpha value is -2.79. The fourth-order valence-corrected chi connectivity index (χ4v) is 2.35. The average Bonchev–Trinajstić information content (AvgIpc) is 2.57. The van der Waals surface area contributed by atoms with Crippen molar-refractivity contribution in [2.75, 3.05) is 6.61 Å². The van der Waals surface area contributed by atoms with Crippen LogP contribution in [0.1, 0.15) is 18.2 Å². The van der Waals surface area contributed by atoms with Crippen LogP contribution in [0.15, 0.2) is 51.7 Å². The lowest BCUT2D eigenvalue weighted by Crippen LogP contribution is -2.06. The van der Waals surface area contributed by atoms with Gasteiger partial charge in [-0.2, -0.15) is 0 Å². The standard InChI is InChI=1S/C18H14ClNO4/c1-2-23-13-6-3-11(4-7-13)16(21)10-15-18(22)24-17-8-5-12(19)9-14(17)20-15/h3-10,21H,2H2,1H3. The number of benzene rings is 2. The molecule has 24 heavy (non-hydrogen) atoms. The minimum absolute atomic E-state index is 0.00356. The number of hydrogen-bond donors (Lipinski definition) is 1. The van der Waals surface area contributed by atoms with Crippen molar-refractivity contribution in [3.8, 4) is 5.75 Å². The van der Waals surface area contributed by atoms with Crippen LogP contribution in [0.4, 0.5) is 0 Å². The van der Waals surface area contributed by atoms with Crippen molar-refractivity contribution in [3.63, 3.8) is 0 Å². The van der Waals surface area contributed by atoms with Crippen molar-refractivity contribution in [1.29, 1.82) is 0 Å². The number of hydrogen-bond acceptors (Lipinski definition) is 5. The number of ether oxygens (including phenoxy) is 1. The zero-order chi connectivity index (χ0) is 17.1. The Morgan fingerprint density at radius 1 is 1.29 bits per heavy atom. The van der Waals surface area contributed by atoms with Crippen molar-refractivity contribution in [1.82, 2.24) is 4.98 Å². The van der Waals surface area contributed by atoms with E-state index in [0.717, 1.165) is 0 Å². The van der Waals surface area contributed by atoms with Gasteiger partial charge in [-0.25, -0.2) is 9.78 Å². The van der Waals surface area contributed by atoms with Crippen LogP contribution in [0.5, 0.6) is 5.75 Å². The molecule has 3 rings (SSSR count). The molecule has 0 unspecified atom stereocenters. The van der Waals surface area contributed by atoms with Crippen LogP contribution in [-0.4, -0.2) is 16.7 Å². The molecule has 0 aliphatic carbocycles. The van der Waals surface area contributed by atoms with Gasteiger partial charge in [0.1, 0.15) is 17.0 Å². The van der Waals surface area contributed by atoms with E-state index < -0.39 is 5.63 Å². The van der Waals surface area contributed by atoms with E-state index >= 15 is 0 Å². The highest BCUT2D eigenvalue weighted by Crippen LogP contribution is 2.20. The first kappa shape index (κ1) is 16.1. The molecule has 0 radical (unpaired) electrons. The van der Waals surface area contributed by atoms with E-state index in [1.54, 1.807) is 42.5 Å². The quantitative estimate of drug-likeness (QED) is 0.715. The van der Waals surface area contributed by atoms with Gasteiger partial charge in [-0.1, -0.05) is 11.6 Å². The van der Waals surface area contributed by atoms with Gasteiger partial charge in [0.2, 0.25) is 0 Å². The Morgan fingerprint density at radius 2 is 2.04 bits per heavy atom. The van der Waals surface area contributed by atoms with Gasteiger partial charge in [0.25, 0.3) is 0 Å². The SMILES string of the molecule is CCOc1ccc(C(O)=Cc2nc3cc(Cl)ccc3oc2=O)cc1. The lowest BCUT2D eigenvalue weighted by Gasteiger charge is -2.04. The monoisotopic (exact) mass is 343 g/mol. The Balaban J connectivity index is 1.98. The summed E-state index contributed by atoms with van der Waals surface area (Å²) in [6.45, 7) is 2.45. The fraction of sp³-hybridized carbons (Fsp3) is 0.111. The minimum Gasteiger partial charge on any atom is -0.507 e. The largest absolute Gasteiger partial charge is 0.507 e. The zero-order valence-corrected chi connectivity index (χ0v) is 13.6. The number of halogens is 1. The number of rotatable bonds is 4. The average molecular weight is 344 g/mol. The van der Waals surface area contributed by atoms with Crippen molar-refractivity contribution < 1.29 is 14.3 Å². The molecule has 3 aromatic rings. The van der Waals surface area contributed by atoms with Crippen LogP contribution < -0.4 is 10.4 Å². The topological polar surface area (TPSA) is 72.6 Å². The summed E-state index contributed by atoms with van der Waals surface area (Å²) in [7, 11) is 0. The van der Waals surface area contributed by atoms with E-state index in [0.29, 0.717) is 34.0 Å². The van der Waals surface area contributed by atoms with Crippen LogP contribution in [-0.2, 0) is 0 Å². The molecule has 0 aliphatic rings. The molecule has 0 aliphatic heterocycles. The van der Waals surface area contributed by atoms with Gasteiger partial charge < -0.3 is 14.3 Å². The second kappa shape index (κ2) is 6.76. The zero-order valence-electron chi connectivity index (χ0n) is 12.8. The molecule has 0 saturated heterocycles. The van der Waals surface area contributed by atoms with E-state index in [1.165, 1.54) is 6.08 Å². The molecule has 0 bridgehead atoms. The highest BCUT2D eigenvalue weighted by Gasteiger charge is 2.08. The van der Waals surface area contributed by atoms with Gasteiger partial charge in [-0.15, -0.1) is 0 Å². The minimum atomic E-state index is -0.637. The smallest absolute Gasteiger partial charge is 0.362 e. The van der Waals surface area contributed by atoms with E-state index in [1.807, 2.05) is 6.92 Å². The number of aliphatic hydroxyl groups is 1. The van der Waals surface area contributed by atoms with Crippen molar-refractivity contribution in [3.05, 3.63) is 69.2 Å². The molecule has 0 spiro atoms. The van der Waals surface area contributed by atoms with Gasteiger partial charge in [0.05, 0.1) is 6.61 Å². The molecule has 0 atom stereocenters. The highest BCUT2D eigenvalue weighted by molar-refractivity contribution is 6.31. The third kappa shape index (κ3) is 3.41. The van der Waals surface area contributed by atoms with Gasteiger partial charge in [0, 0.05) is 16.7 Å². The van der Waals surface area contributed by atoms with Crippen LogP contribution >= 0.6 is 11.6 Å². The Labute approximate surface area is 142 Å². The first-order valence-corrected chi connectivity index (χ1v) is 7.69. The molecule has 5 nitrogen and oxygen atoms in total. The molecule has 1 heterocycles. The summed E-state index contributed by atoms with van der Waals surface area (Å²) in [5.74, 6) is 0.603. The number of fused-ring (bicyclic) bond motifs is 1. The molecule has 122 valence electrons. The fourth-order valence-electron chi connectivity index (χ4n) is 2.18. The number of aromatic nitrogens is 1. The van der Waals surface area contributed by atoms with Crippen molar-refractivity contribution in [2.45, 2.75) is 6.92 Å². The molecule has 6 heteroatoms. The first-order valence-electron chi connectivity index (χ1n) is 7.31. The molecule has 2 aromatic carbocycles.